The topological polar surface area (TPSA) is 40.8 Å². The standard InChI is InChI=1S/C14H12Cl2FN3/c1-8-9(3-11(6-18)20(8)2)7-19-10-4-12(15)14(17)13(16)5-10/h3-5,19H,7H2,1-2H3. The normalized spacial score (nSPS) is 10.4. The lowest BCUT2D eigenvalue weighted by Crippen LogP contribution is -2.02. The summed E-state index contributed by atoms with van der Waals surface area (Å²) in [6.45, 7) is 2.43. The van der Waals surface area contributed by atoms with E-state index in [1.165, 1.54) is 12.1 Å². The number of aromatic nitrogens is 1. The van der Waals surface area contributed by atoms with Gasteiger partial charge in [0.1, 0.15) is 11.8 Å². The first kappa shape index (κ1) is 14.7. The molecule has 1 heterocycles. The smallest absolute Gasteiger partial charge is 0.160 e. The molecule has 0 aliphatic heterocycles. The highest BCUT2D eigenvalue weighted by Crippen LogP contribution is 2.27. The van der Waals surface area contributed by atoms with Crippen LogP contribution in [0.1, 0.15) is 17.0 Å². The fourth-order valence-electron chi connectivity index (χ4n) is 1.90. The average Bonchev–Trinajstić information content (AvgIpc) is 2.69. The number of hydrogen-bond donors (Lipinski definition) is 1. The van der Waals surface area contributed by atoms with Crippen molar-refractivity contribution in [2.45, 2.75) is 13.5 Å². The third-order valence-corrected chi connectivity index (χ3v) is 3.77. The van der Waals surface area contributed by atoms with Crippen LogP contribution in [0.25, 0.3) is 0 Å². The minimum Gasteiger partial charge on any atom is -0.381 e. The fourth-order valence-corrected chi connectivity index (χ4v) is 2.39. The molecule has 0 aliphatic carbocycles. The van der Waals surface area contributed by atoms with Crippen molar-refractivity contribution in [2.75, 3.05) is 5.32 Å². The van der Waals surface area contributed by atoms with Gasteiger partial charge in [0, 0.05) is 25.0 Å². The molecule has 0 atom stereocenters. The van der Waals surface area contributed by atoms with Crippen LogP contribution in [-0.2, 0) is 13.6 Å². The van der Waals surface area contributed by atoms with Gasteiger partial charge in [-0.25, -0.2) is 4.39 Å². The summed E-state index contributed by atoms with van der Waals surface area (Å²) in [6, 6.07) is 6.90. The highest BCUT2D eigenvalue weighted by Gasteiger charge is 2.10. The summed E-state index contributed by atoms with van der Waals surface area (Å²) in [6.07, 6.45) is 0. The molecule has 0 saturated carbocycles. The first-order valence-electron chi connectivity index (χ1n) is 5.87. The van der Waals surface area contributed by atoms with E-state index in [1.54, 1.807) is 0 Å². The summed E-state index contributed by atoms with van der Waals surface area (Å²) in [5.74, 6) is -0.624. The van der Waals surface area contributed by atoms with Crippen LogP contribution in [0.15, 0.2) is 18.2 Å². The molecule has 3 nitrogen and oxygen atoms in total. The van der Waals surface area contributed by atoms with Crippen molar-refractivity contribution in [1.29, 1.82) is 5.26 Å². The van der Waals surface area contributed by atoms with E-state index < -0.39 is 5.82 Å². The highest BCUT2D eigenvalue weighted by atomic mass is 35.5. The molecule has 0 unspecified atom stereocenters. The first-order valence-corrected chi connectivity index (χ1v) is 6.63. The average molecular weight is 312 g/mol. The van der Waals surface area contributed by atoms with Crippen molar-refractivity contribution in [3.8, 4) is 6.07 Å². The lowest BCUT2D eigenvalue weighted by atomic mass is 10.2. The van der Waals surface area contributed by atoms with E-state index in [9.17, 15) is 4.39 Å². The lowest BCUT2D eigenvalue weighted by Gasteiger charge is -2.08. The largest absolute Gasteiger partial charge is 0.381 e. The van der Waals surface area contributed by atoms with E-state index in [4.69, 9.17) is 28.5 Å². The monoisotopic (exact) mass is 311 g/mol. The highest BCUT2D eigenvalue weighted by molar-refractivity contribution is 6.35. The summed E-state index contributed by atoms with van der Waals surface area (Å²) in [7, 11) is 1.84. The SMILES string of the molecule is Cc1c(CNc2cc(Cl)c(F)c(Cl)c2)cc(C#N)n1C. The third kappa shape index (κ3) is 2.74. The third-order valence-electron chi connectivity index (χ3n) is 3.22. The van der Waals surface area contributed by atoms with Gasteiger partial charge in [-0.1, -0.05) is 23.2 Å². The van der Waals surface area contributed by atoms with Crippen LogP contribution in [0, 0.1) is 24.1 Å². The van der Waals surface area contributed by atoms with E-state index >= 15 is 0 Å². The van der Waals surface area contributed by atoms with E-state index in [2.05, 4.69) is 11.4 Å². The number of rotatable bonds is 3. The van der Waals surface area contributed by atoms with E-state index in [0.717, 1.165) is 11.3 Å². The molecule has 1 aromatic carbocycles. The molecule has 0 spiro atoms. The van der Waals surface area contributed by atoms with Crippen LogP contribution in [0.3, 0.4) is 0 Å². The minimum atomic E-state index is -0.624. The molecule has 2 rings (SSSR count). The second-order valence-electron chi connectivity index (χ2n) is 4.42. The molecule has 0 aliphatic rings. The van der Waals surface area contributed by atoms with Crippen molar-refractivity contribution >= 4 is 28.9 Å². The maximum Gasteiger partial charge on any atom is 0.160 e. The van der Waals surface area contributed by atoms with Gasteiger partial charge in [-0.2, -0.15) is 5.26 Å². The first-order chi connectivity index (χ1) is 9.43. The Labute approximate surface area is 126 Å². The maximum absolute atomic E-state index is 13.3. The number of benzene rings is 1. The predicted molar refractivity (Wildman–Crippen MR) is 78.6 cm³/mol. The summed E-state index contributed by atoms with van der Waals surface area (Å²) in [4.78, 5) is 0. The van der Waals surface area contributed by atoms with Gasteiger partial charge in [0.15, 0.2) is 5.82 Å². The van der Waals surface area contributed by atoms with Crippen LogP contribution in [0.2, 0.25) is 10.0 Å². The predicted octanol–water partition coefficient (Wildman–Crippen LogP) is 4.26. The quantitative estimate of drug-likeness (QED) is 0.860. The molecular weight excluding hydrogens is 300 g/mol. The van der Waals surface area contributed by atoms with Gasteiger partial charge in [-0.3, -0.25) is 0 Å². The van der Waals surface area contributed by atoms with Gasteiger partial charge in [0.25, 0.3) is 0 Å². The van der Waals surface area contributed by atoms with Crippen LogP contribution in [-0.4, -0.2) is 4.57 Å². The molecular formula is C14H12Cl2FN3. The zero-order valence-electron chi connectivity index (χ0n) is 11.0. The minimum absolute atomic E-state index is 0.0255. The number of nitriles is 1. The Morgan fingerprint density at radius 1 is 1.30 bits per heavy atom. The maximum atomic E-state index is 13.3. The molecule has 0 saturated heterocycles. The summed E-state index contributed by atoms with van der Waals surface area (Å²) < 4.78 is 15.1. The number of hydrogen-bond acceptors (Lipinski definition) is 2. The summed E-state index contributed by atoms with van der Waals surface area (Å²) >= 11 is 11.5. The van der Waals surface area contributed by atoms with Gasteiger partial charge < -0.3 is 9.88 Å². The Balaban J connectivity index is 2.20. The summed E-state index contributed by atoms with van der Waals surface area (Å²) in [5.41, 5.74) is 3.20. The van der Waals surface area contributed by atoms with Gasteiger partial charge >= 0.3 is 0 Å². The number of nitrogens with zero attached hydrogens (tertiary/aromatic N) is 2. The zero-order valence-corrected chi connectivity index (χ0v) is 12.5. The van der Waals surface area contributed by atoms with Crippen molar-refractivity contribution in [2.24, 2.45) is 7.05 Å². The van der Waals surface area contributed by atoms with Gasteiger partial charge in [0.05, 0.1) is 10.0 Å². The van der Waals surface area contributed by atoms with Crippen LogP contribution < -0.4 is 5.32 Å². The lowest BCUT2D eigenvalue weighted by molar-refractivity contribution is 0.629. The van der Waals surface area contributed by atoms with Gasteiger partial charge in [-0.05, 0) is 30.7 Å². The van der Waals surface area contributed by atoms with Crippen LogP contribution in [0.4, 0.5) is 10.1 Å². The van der Waals surface area contributed by atoms with E-state index in [-0.39, 0.29) is 10.0 Å². The van der Waals surface area contributed by atoms with E-state index in [0.29, 0.717) is 17.9 Å². The molecule has 0 fully saturated rings. The van der Waals surface area contributed by atoms with Crippen molar-refractivity contribution in [3.63, 3.8) is 0 Å². The molecule has 2 aromatic rings. The van der Waals surface area contributed by atoms with E-state index in [1.807, 2.05) is 24.6 Å². The molecule has 0 radical (unpaired) electrons. The molecule has 20 heavy (non-hydrogen) atoms. The number of halogens is 3. The van der Waals surface area contributed by atoms with Crippen LogP contribution >= 0.6 is 23.2 Å². The second-order valence-corrected chi connectivity index (χ2v) is 5.23. The molecule has 0 amide bonds. The fraction of sp³-hybridized carbons (Fsp3) is 0.214. The molecule has 104 valence electrons. The molecule has 1 N–H and O–H groups in total. The Bertz CT molecular complexity index is 678. The Morgan fingerprint density at radius 2 is 1.90 bits per heavy atom. The number of anilines is 1. The van der Waals surface area contributed by atoms with Crippen molar-refractivity contribution in [3.05, 3.63) is 51.0 Å². The number of nitrogens with one attached hydrogen (secondary N) is 1. The van der Waals surface area contributed by atoms with Crippen LogP contribution in [0.5, 0.6) is 0 Å². The van der Waals surface area contributed by atoms with Gasteiger partial charge in [-0.15, -0.1) is 0 Å². The van der Waals surface area contributed by atoms with Gasteiger partial charge in [0.2, 0.25) is 0 Å². The Kier molecular flexibility index (Phi) is 4.22. The van der Waals surface area contributed by atoms with Crippen molar-refractivity contribution < 1.29 is 4.39 Å². The molecule has 1 aromatic heterocycles. The van der Waals surface area contributed by atoms with Crippen molar-refractivity contribution in [1.82, 2.24) is 4.57 Å². The molecule has 6 heteroatoms. The zero-order chi connectivity index (χ0) is 14.9. The summed E-state index contributed by atoms with van der Waals surface area (Å²) in [5, 5.41) is 12.0. The Hall–Kier alpha value is -1.70. The second kappa shape index (κ2) is 5.74. The molecule has 0 bridgehead atoms. The Morgan fingerprint density at radius 3 is 2.40 bits per heavy atom.